The van der Waals surface area contributed by atoms with Gasteiger partial charge in [0.1, 0.15) is 18.8 Å². The predicted molar refractivity (Wildman–Crippen MR) is 322 cm³/mol. The summed E-state index contributed by atoms with van der Waals surface area (Å²) in [6.07, 6.45) is 57.4. The van der Waals surface area contributed by atoms with Crippen LogP contribution in [-0.4, -0.2) is 89.2 Å². The Hall–Kier alpha value is -3.84. The van der Waals surface area contributed by atoms with Gasteiger partial charge < -0.3 is 39.0 Å². The van der Waals surface area contributed by atoms with E-state index < -0.39 is 67.3 Å². The fourth-order valence-corrected chi connectivity index (χ4v) is 9.45. The molecule has 0 amide bonds. The Morgan fingerprint density at radius 1 is 0.430 bits per heavy atom. The number of aliphatic hydroxyl groups excluding tert-OH is 2. The van der Waals surface area contributed by atoms with Crippen LogP contribution >= 0.6 is 0 Å². The molecule has 12 heteroatoms. The van der Waals surface area contributed by atoms with Gasteiger partial charge in [-0.1, -0.05) is 273 Å². The highest BCUT2D eigenvalue weighted by atomic mass is 16.7. The van der Waals surface area contributed by atoms with Crippen molar-refractivity contribution in [2.24, 2.45) is 0 Å². The fourth-order valence-electron chi connectivity index (χ4n) is 9.45. The van der Waals surface area contributed by atoms with Crippen LogP contribution in [0.2, 0.25) is 0 Å². The molecular formula is C67H114O12. The lowest BCUT2D eigenvalue weighted by Gasteiger charge is -2.40. The van der Waals surface area contributed by atoms with Gasteiger partial charge in [-0.25, -0.2) is 4.79 Å². The number of carbonyl (C=O) groups excluding carboxylic acids is 3. The first-order chi connectivity index (χ1) is 38.6. The van der Waals surface area contributed by atoms with E-state index in [-0.39, 0.29) is 25.9 Å². The van der Waals surface area contributed by atoms with Crippen LogP contribution in [0, 0.1) is 0 Å². The maximum Gasteiger partial charge on any atom is 0.335 e. The van der Waals surface area contributed by atoms with Gasteiger partial charge in [0.15, 0.2) is 24.6 Å². The summed E-state index contributed by atoms with van der Waals surface area (Å²) in [6.45, 7) is 5.87. The molecule has 6 unspecified atom stereocenters. The van der Waals surface area contributed by atoms with Gasteiger partial charge in [-0.2, -0.15) is 0 Å². The number of esters is 3. The van der Waals surface area contributed by atoms with Crippen molar-refractivity contribution in [3.05, 3.63) is 72.9 Å². The van der Waals surface area contributed by atoms with Crippen molar-refractivity contribution in [1.82, 2.24) is 0 Å². The lowest BCUT2D eigenvalue weighted by atomic mass is 9.98. The zero-order valence-electron chi connectivity index (χ0n) is 50.1. The molecule has 1 aliphatic heterocycles. The molecule has 454 valence electrons. The average Bonchev–Trinajstić information content (AvgIpc) is 3.43. The van der Waals surface area contributed by atoms with Crippen LogP contribution in [-0.2, 0) is 42.9 Å². The Bertz CT molecular complexity index is 1650. The first-order valence-electron chi connectivity index (χ1n) is 31.9. The summed E-state index contributed by atoms with van der Waals surface area (Å²) in [5, 5.41) is 31.5. The number of aliphatic hydroxyl groups is 2. The van der Waals surface area contributed by atoms with Crippen molar-refractivity contribution in [2.75, 3.05) is 13.2 Å². The highest BCUT2D eigenvalue weighted by Crippen LogP contribution is 2.26. The van der Waals surface area contributed by atoms with E-state index in [1.54, 1.807) is 0 Å². The quantitative estimate of drug-likeness (QED) is 0.0228. The highest BCUT2D eigenvalue weighted by molar-refractivity contribution is 5.74. The van der Waals surface area contributed by atoms with Crippen LogP contribution in [0.15, 0.2) is 72.9 Å². The van der Waals surface area contributed by atoms with Gasteiger partial charge in [-0.3, -0.25) is 14.4 Å². The number of allylic oxidation sites excluding steroid dienone is 12. The van der Waals surface area contributed by atoms with E-state index in [0.717, 1.165) is 70.6 Å². The van der Waals surface area contributed by atoms with Crippen molar-refractivity contribution in [1.29, 1.82) is 0 Å². The molecule has 12 nitrogen and oxygen atoms in total. The molecule has 1 fully saturated rings. The minimum absolute atomic E-state index is 0.0642. The van der Waals surface area contributed by atoms with Crippen molar-refractivity contribution in [2.45, 2.75) is 314 Å². The van der Waals surface area contributed by atoms with E-state index in [9.17, 15) is 34.5 Å². The first-order valence-corrected chi connectivity index (χ1v) is 31.9. The van der Waals surface area contributed by atoms with Crippen molar-refractivity contribution < 1.29 is 58.2 Å². The summed E-state index contributed by atoms with van der Waals surface area (Å²) in [6, 6.07) is 0. The van der Waals surface area contributed by atoms with Crippen LogP contribution in [0.4, 0.5) is 0 Å². The molecule has 1 aliphatic rings. The zero-order chi connectivity index (χ0) is 57.5. The summed E-state index contributed by atoms with van der Waals surface area (Å²) in [5.41, 5.74) is 0. The molecule has 0 aromatic carbocycles. The molecular weight excluding hydrogens is 997 g/mol. The van der Waals surface area contributed by atoms with Crippen LogP contribution in [0.5, 0.6) is 0 Å². The molecule has 0 aromatic rings. The van der Waals surface area contributed by atoms with Gasteiger partial charge in [-0.15, -0.1) is 0 Å². The third-order valence-corrected chi connectivity index (χ3v) is 14.3. The van der Waals surface area contributed by atoms with E-state index in [4.69, 9.17) is 23.7 Å². The highest BCUT2D eigenvalue weighted by Gasteiger charge is 2.50. The van der Waals surface area contributed by atoms with Crippen molar-refractivity contribution >= 4 is 23.9 Å². The monoisotopic (exact) mass is 1110 g/mol. The third kappa shape index (κ3) is 44.5. The molecule has 79 heavy (non-hydrogen) atoms. The molecule has 3 N–H and O–H groups in total. The van der Waals surface area contributed by atoms with Crippen LogP contribution in [0.1, 0.15) is 278 Å². The minimum atomic E-state index is -1.93. The molecule has 0 aliphatic carbocycles. The molecule has 0 aromatic heterocycles. The van der Waals surface area contributed by atoms with E-state index in [0.29, 0.717) is 25.7 Å². The number of hydrogen-bond acceptors (Lipinski definition) is 11. The maximum atomic E-state index is 13.1. The third-order valence-electron chi connectivity index (χ3n) is 14.3. The number of carbonyl (C=O) groups is 4. The number of carboxylic acids is 1. The number of hydrogen-bond donors (Lipinski definition) is 3. The largest absolute Gasteiger partial charge is 0.479 e. The smallest absolute Gasteiger partial charge is 0.335 e. The second-order valence-electron chi connectivity index (χ2n) is 21.7. The number of unbranched alkanes of at least 4 members (excludes halogenated alkanes) is 28. The lowest BCUT2D eigenvalue weighted by Crippen LogP contribution is -2.61. The summed E-state index contributed by atoms with van der Waals surface area (Å²) < 4.78 is 28.4. The van der Waals surface area contributed by atoms with E-state index in [2.05, 4.69) is 75.5 Å². The zero-order valence-corrected chi connectivity index (χ0v) is 50.1. The van der Waals surface area contributed by atoms with Crippen LogP contribution in [0.25, 0.3) is 0 Å². The number of aliphatic carboxylic acids is 1. The van der Waals surface area contributed by atoms with Gasteiger partial charge >= 0.3 is 23.9 Å². The predicted octanol–water partition coefficient (Wildman–Crippen LogP) is 16.9. The first kappa shape index (κ1) is 73.2. The Morgan fingerprint density at radius 2 is 0.797 bits per heavy atom. The fraction of sp³-hybridized carbons (Fsp3) is 0.761. The van der Waals surface area contributed by atoms with Gasteiger partial charge in [0.25, 0.3) is 0 Å². The summed E-state index contributed by atoms with van der Waals surface area (Å²) >= 11 is 0. The van der Waals surface area contributed by atoms with Gasteiger partial charge in [0.05, 0.1) is 6.61 Å². The molecule has 1 rings (SSSR count). The normalized spacial score (nSPS) is 18.3. The second-order valence-corrected chi connectivity index (χ2v) is 21.7. The van der Waals surface area contributed by atoms with Gasteiger partial charge in [0, 0.05) is 19.3 Å². The molecule has 0 bridgehead atoms. The Kier molecular flexibility index (Phi) is 50.7. The molecule has 1 heterocycles. The standard InChI is InChI=1S/C67H114O12/c1-4-7-10-13-16-19-22-24-26-28-30-32-34-36-39-41-44-47-50-53-59(68)75-56-58(77-60(69)54-51-48-45-42-38-21-18-15-12-9-6-3)57-76-67-65(63(72)62(71)64(79-67)66(73)74)78-61(70)55-52-49-46-43-40-37-35-33-31-29-27-25-23-20-17-14-11-8-5-2/h8,11,17,20,25,27,31,33,37,40,46,49,58,62-65,67,71-72H,4-7,9-10,12-16,18-19,21-24,26,28-30,32,34-36,38-39,41-45,47-48,50-57H2,1-3H3,(H,73,74)/b11-8-,20-17-,27-25-,33-31-,40-37-,49-46-. The topological polar surface area (TPSA) is 175 Å². The molecule has 0 radical (unpaired) electrons. The van der Waals surface area contributed by atoms with Gasteiger partial charge in [-0.05, 0) is 57.8 Å². The second kappa shape index (κ2) is 54.7. The Labute approximate surface area is 480 Å². The van der Waals surface area contributed by atoms with Crippen LogP contribution < -0.4 is 0 Å². The molecule has 0 spiro atoms. The summed E-state index contributed by atoms with van der Waals surface area (Å²) in [5.74, 6) is -3.21. The van der Waals surface area contributed by atoms with Gasteiger partial charge in [0.2, 0.25) is 0 Å². The number of rotatable bonds is 54. The average molecular weight is 1110 g/mol. The van der Waals surface area contributed by atoms with Crippen molar-refractivity contribution in [3.63, 3.8) is 0 Å². The minimum Gasteiger partial charge on any atom is -0.479 e. The molecule has 0 saturated carbocycles. The lowest BCUT2D eigenvalue weighted by molar-refractivity contribution is -0.301. The molecule has 1 saturated heterocycles. The summed E-state index contributed by atoms with van der Waals surface area (Å²) in [7, 11) is 0. The SMILES string of the molecule is CC/C=C\C/C=C\C/C=C\C/C=C\C/C=C\C/C=C\CCC(=O)OC1C(OCC(COC(=O)CCCCCCCCCCCCCCCCCCCCC)OC(=O)CCCCCCCCCCCCC)OC(C(=O)O)C(O)C1O. The van der Waals surface area contributed by atoms with Crippen LogP contribution in [0.3, 0.4) is 0 Å². The number of ether oxygens (including phenoxy) is 5. The maximum absolute atomic E-state index is 13.1. The van der Waals surface area contributed by atoms with Crippen molar-refractivity contribution in [3.8, 4) is 0 Å². The Morgan fingerprint density at radius 3 is 1.19 bits per heavy atom. The molecule has 6 atom stereocenters. The Balaban J connectivity index is 2.66. The van der Waals surface area contributed by atoms with E-state index in [1.165, 1.54) is 141 Å². The summed E-state index contributed by atoms with van der Waals surface area (Å²) in [4.78, 5) is 51.2. The van der Waals surface area contributed by atoms with E-state index in [1.807, 2.05) is 18.2 Å². The van der Waals surface area contributed by atoms with E-state index >= 15 is 0 Å². The number of carboxylic acid groups (broad SMARTS) is 1.